The molecule has 0 aromatic rings. The summed E-state index contributed by atoms with van der Waals surface area (Å²) in [6.07, 6.45) is 1.04. The van der Waals surface area contributed by atoms with Gasteiger partial charge in [-0.1, -0.05) is 26.6 Å². The zero-order valence-electron chi connectivity index (χ0n) is 15.1. The predicted molar refractivity (Wildman–Crippen MR) is 94.5 cm³/mol. The summed E-state index contributed by atoms with van der Waals surface area (Å²) in [4.78, 5) is 0. The molecule has 0 aromatic heterocycles. The Morgan fingerprint density at radius 3 is 1.63 bits per heavy atom. The molecule has 0 N–H and O–H groups in total. The molecule has 0 aliphatic heterocycles. The molecule has 0 bridgehead atoms. The topological polar surface area (TPSA) is 18.5 Å². The van der Waals surface area contributed by atoms with Crippen molar-refractivity contribution in [2.45, 2.75) is 90.5 Å². The third-order valence-electron chi connectivity index (χ3n) is 4.17. The van der Waals surface area contributed by atoms with E-state index in [0.29, 0.717) is 5.73 Å². The molecule has 0 saturated heterocycles. The van der Waals surface area contributed by atoms with Gasteiger partial charge in [-0.05, 0) is 53.0 Å². The fraction of sp³-hybridized carbons (Fsp3) is 1.00. The van der Waals surface area contributed by atoms with Crippen LogP contribution in [-0.2, 0) is 8.85 Å². The van der Waals surface area contributed by atoms with Gasteiger partial charge in [0.25, 0.3) is 0 Å². The van der Waals surface area contributed by atoms with Crippen molar-refractivity contribution in [3.8, 4) is 0 Å². The molecule has 0 fully saturated rings. The van der Waals surface area contributed by atoms with Gasteiger partial charge in [-0.25, -0.2) is 0 Å². The smallest absolute Gasteiger partial charge is 0.216 e. The second-order valence-corrected chi connectivity index (χ2v) is 22.7. The summed E-state index contributed by atoms with van der Waals surface area (Å²) < 4.78 is 13.1. The van der Waals surface area contributed by atoms with Crippen LogP contribution in [0.3, 0.4) is 0 Å². The first-order chi connectivity index (χ1) is 8.15. The van der Waals surface area contributed by atoms with Gasteiger partial charge in [0.05, 0.1) is 13.3 Å². The summed E-state index contributed by atoms with van der Waals surface area (Å²) in [5, 5.41) is -0.0780. The summed E-state index contributed by atoms with van der Waals surface area (Å²) in [6, 6.07) is 0. The molecule has 0 saturated carbocycles. The van der Waals surface area contributed by atoms with Gasteiger partial charge in [0.2, 0.25) is 8.32 Å². The summed E-state index contributed by atoms with van der Waals surface area (Å²) in [6.45, 7) is 25.4. The number of hydrogen-bond acceptors (Lipinski definition) is 2. The van der Waals surface area contributed by atoms with Crippen LogP contribution in [0.15, 0.2) is 0 Å². The van der Waals surface area contributed by atoms with Crippen LogP contribution in [0.2, 0.25) is 52.4 Å². The summed E-state index contributed by atoms with van der Waals surface area (Å²) in [5.74, 6) is 0. The molecule has 116 valence electrons. The van der Waals surface area contributed by atoms with Crippen LogP contribution in [0.5, 0.6) is 0 Å². The zero-order valence-corrected chi connectivity index (χ0v) is 18.1. The molecule has 0 rings (SSSR count). The molecule has 2 nitrogen and oxygen atoms in total. The minimum atomic E-state index is -1.89. The van der Waals surface area contributed by atoms with Crippen molar-refractivity contribution >= 4 is 24.7 Å². The zero-order chi connectivity index (χ0) is 15.7. The Labute approximate surface area is 124 Å². The van der Waals surface area contributed by atoms with Gasteiger partial charge >= 0.3 is 0 Å². The van der Waals surface area contributed by atoms with Gasteiger partial charge in [0.1, 0.15) is 0 Å². The molecule has 0 aliphatic rings. The lowest BCUT2D eigenvalue weighted by molar-refractivity contribution is 0.111. The second kappa shape index (κ2) is 6.13. The first-order valence-corrected chi connectivity index (χ1v) is 17.4. The van der Waals surface area contributed by atoms with Crippen molar-refractivity contribution in [2.75, 3.05) is 0 Å². The van der Waals surface area contributed by atoms with E-state index in [0.717, 1.165) is 6.42 Å². The van der Waals surface area contributed by atoms with Crippen LogP contribution in [0.25, 0.3) is 0 Å². The quantitative estimate of drug-likeness (QED) is 0.612. The molecule has 0 heterocycles. The fourth-order valence-corrected chi connectivity index (χ4v) is 9.72. The van der Waals surface area contributed by atoms with E-state index >= 15 is 0 Å². The highest BCUT2D eigenvalue weighted by Gasteiger charge is 2.48. The van der Waals surface area contributed by atoms with Gasteiger partial charge in [-0.2, -0.15) is 0 Å². The third kappa shape index (κ3) is 5.83. The lowest BCUT2D eigenvalue weighted by Crippen LogP contribution is -2.62. The van der Waals surface area contributed by atoms with Crippen LogP contribution in [0.4, 0.5) is 0 Å². The Bertz CT molecular complexity index is 292. The second-order valence-electron chi connectivity index (χ2n) is 8.44. The minimum Gasteiger partial charge on any atom is -0.415 e. The van der Waals surface area contributed by atoms with Crippen molar-refractivity contribution in [2.24, 2.45) is 0 Å². The van der Waals surface area contributed by atoms with Crippen LogP contribution < -0.4 is 0 Å². The Kier molecular flexibility index (Phi) is 6.32. The molecule has 0 spiro atoms. The first kappa shape index (κ1) is 19.6. The van der Waals surface area contributed by atoms with Crippen LogP contribution in [-0.4, -0.2) is 35.7 Å². The highest BCUT2D eigenvalue weighted by atomic mass is 28.4. The van der Waals surface area contributed by atoms with Gasteiger partial charge in [-0.3, -0.25) is 0 Å². The largest absolute Gasteiger partial charge is 0.415 e. The molecule has 2 atom stereocenters. The van der Waals surface area contributed by atoms with E-state index in [1.807, 2.05) is 0 Å². The van der Waals surface area contributed by atoms with E-state index in [2.05, 4.69) is 73.1 Å². The normalized spacial score (nSPS) is 19.1. The van der Waals surface area contributed by atoms with Gasteiger partial charge in [0, 0.05) is 5.73 Å². The van der Waals surface area contributed by atoms with E-state index < -0.39 is 24.7 Å². The van der Waals surface area contributed by atoms with E-state index in [1.165, 1.54) is 0 Å². The standard InChI is InChI=1S/C14H36O2Si3/c1-12-14(3,16-18(7,8)9)19(10,11)15-13(2)17(4,5)6/h13H,12H2,1-11H3. The highest BCUT2D eigenvalue weighted by Crippen LogP contribution is 2.34. The van der Waals surface area contributed by atoms with Crippen molar-refractivity contribution in [3.63, 3.8) is 0 Å². The Morgan fingerprint density at radius 1 is 0.947 bits per heavy atom. The SMILES string of the molecule is CCC(C)(O[Si](C)(C)C)[Si](C)(C)OC(C)[Si](C)(C)C. The minimum absolute atomic E-state index is 0.0780. The molecule has 5 heteroatoms. The Balaban J connectivity index is 5.13. The maximum Gasteiger partial charge on any atom is 0.216 e. The lowest BCUT2D eigenvalue weighted by atomic mass is 10.3. The highest BCUT2D eigenvalue weighted by molar-refractivity contribution is 6.80. The van der Waals surface area contributed by atoms with E-state index in [9.17, 15) is 0 Å². The van der Waals surface area contributed by atoms with Crippen LogP contribution in [0.1, 0.15) is 27.2 Å². The molecule has 0 radical (unpaired) electrons. The monoisotopic (exact) mass is 320 g/mol. The van der Waals surface area contributed by atoms with Crippen molar-refractivity contribution in [1.29, 1.82) is 0 Å². The molecule has 2 unspecified atom stereocenters. The number of rotatable bonds is 7. The summed E-state index contributed by atoms with van der Waals surface area (Å²) >= 11 is 0. The molecule has 0 aliphatic carbocycles. The van der Waals surface area contributed by atoms with Crippen LogP contribution >= 0.6 is 0 Å². The van der Waals surface area contributed by atoms with Gasteiger partial charge in [-0.15, -0.1) is 0 Å². The Hall–Kier alpha value is 0.571. The molecular formula is C14H36O2Si3. The van der Waals surface area contributed by atoms with E-state index in [1.54, 1.807) is 0 Å². The van der Waals surface area contributed by atoms with Crippen molar-refractivity contribution in [3.05, 3.63) is 0 Å². The fourth-order valence-electron chi connectivity index (χ4n) is 2.04. The first-order valence-electron chi connectivity index (χ1n) is 7.52. The third-order valence-corrected chi connectivity index (χ3v) is 12.2. The van der Waals surface area contributed by atoms with Crippen molar-refractivity contribution in [1.82, 2.24) is 0 Å². The molecule has 0 amide bonds. The average molecular weight is 321 g/mol. The maximum atomic E-state index is 6.60. The maximum absolute atomic E-state index is 6.60. The van der Waals surface area contributed by atoms with Crippen LogP contribution in [0, 0.1) is 0 Å². The average Bonchev–Trinajstić information content (AvgIpc) is 2.12. The Morgan fingerprint density at radius 2 is 1.37 bits per heavy atom. The summed E-state index contributed by atoms with van der Waals surface area (Å²) in [5.41, 5.74) is 0.394. The molecular weight excluding hydrogens is 284 g/mol. The number of hydrogen-bond donors (Lipinski definition) is 0. The summed E-state index contributed by atoms with van der Waals surface area (Å²) in [7, 11) is -4.70. The molecule has 0 aromatic carbocycles. The van der Waals surface area contributed by atoms with E-state index in [4.69, 9.17) is 8.85 Å². The van der Waals surface area contributed by atoms with E-state index in [-0.39, 0.29) is 5.22 Å². The van der Waals surface area contributed by atoms with Gasteiger partial charge < -0.3 is 8.85 Å². The van der Waals surface area contributed by atoms with Crippen molar-refractivity contribution < 1.29 is 8.85 Å². The lowest BCUT2D eigenvalue weighted by Gasteiger charge is -2.47. The van der Waals surface area contributed by atoms with Gasteiger partial charge in [0.15, 0.2) is 8.32 Å². The molecule has 19 heavy (non-hydrogen) atoms. The predicted octanol–water partition coefficient (Wildman–Crippen LogP) is 5.03.